The summed E-state index contributed by atoms with van der Waals surface area (Å²) in [6, 6.07) is 3.49. The van der Waals surface area contributed by atoms with Crippen LogP contribution in [0, 0.1) is 11.7 Å². The third-order valence-electron chi connectivity index (χ3n) is 4.42. The van der Waals surface area contributed by atoms with Gasteiger partial charge in [-0.2, -0.15) is 0 Å². The van der Waals surface area contributed by atoms with Crippen LogP contribution in [-0.4, -0.2) is 56.0 Å². The number of Topliss-reactive ketones (excluding diaryl/α,β-unsaturated/α-hetero) is 1. The van der Waals surface area contributed by atoms with Crippen molar-refractivity contribution in [2.45, 2.75) is 26.2 Å². The fourth-order valence-corrected chi connectivity index (χ4v) is 3.08. The van der Waals surface area contributed by atoms with E-state index >= 15 is 0 Å². The zero-order valence-corrected chi connectivity index (χ0v) is 15.6. The number of ether oxygens (including phenoxy) is 2. The molecular formula is C19H25FN2O5. The number of carbonyl (C=O) groups excluding carboxylic acids is 3. The molecule has 8 heteroatoms. The van der Waals surface area contributed by atoms with E-state index in [2.05, 4.69) is 5.32 Å². The number of likely N-dealkylation sites (tertiary alicyclic amines) is 1. The van der Waals surface area contributed by atoms with Gasteiger partial charge >= 0.3 is 12.0 Å². The summed E-state index contributed by atoms with van der Waals surface area (Å²) in [5, 5.41) is 2.66. The minimum atomic E-state index is -0.511. The van der Waals surface area contributed by atoms with E-state index in [1.165, 1.54) is 25.3 Å². The van der Waals surface area contributed by atoms with Crippen LogP contribution >= 0.6 is 0 Å². The molecule has 1 saturated heterocycles. The molecule has 1 heterocycles. The standard InChI is InChI=1S/C19H25FN2O5/c1-3-27-17(23)8-9-21-19(25)22-10-4-5-13(12-22)18(24)15-11-14(20)6-7-16(15)26-2/h6-7,11,13H,3-5,8-10,12H2,1-2H3,(H,21,25). The van der Waals surface area contributed by atoms with Gasteiger partial charge in [-0.3, -0.25) is 9.59 Å². The van der Waals surface area contributed by atoms with E-state index in [1.807, 2.05) is 0 Å². The maximum absolute atomic E-state index is 13.6. The molecule has 27 heavy (non-hydrogen) atoms. The first-order valence-corrected chi connectivity index (χ1v) is 9.02. The summed E-state index contributed by atoms with van der Waals surface area (Å²) in [6.07, 6.45) is 1.38. The highest BCUT2D eigenvalue weighted by molar-refractivity contribution is 6.00. The zero-order valence-electron chi connectivity index (χ0n) is 15.6. The molecule has 1 atom stereocenters. The van der Waals surface area contributed by atoms with Crippen molar-refractivity contribution < 1.29 is 28.2 Å². The van der Waals surface area contributed by atoms with E-state index < -0.39 is 11.7 Å². The summed E-state index contributed by atoms with van der Waals surface area (Å²) in [5.41, 5.74) is 0.187. The highest BCUT2D eigenvalue weighted by atomic mass is 19.1. The molecule has 0 spiro atoms. The number of nitrogens with zero attached hydrogens (tertiary/aromatic N) is 1. The van der Waals surface area contributed by atoms with Gasteiger partial charge in [0.25, 0.3) is 0 Å². The third kappa shape index (κ3) is 5.67. The number of benzene rings is 1. The van der Waals surface area contributed by atoms with Gasteiger partial charge < -0.3 is 19.7 Å². The van der Waals surface area contributed by atoms with E-state index in [0.717, 1.165) is 0 Å². The first-order chi connectivity index (χ1) is 13.0. The van der Waals surface area contributed by atoms with Gasteiger partial charge in [0, 0.05) is 25.6 Å². The number of hydrogen-bond donors (Lipinski definition) is 1. The lowest BCUT2D eigenvalue weighted by Crippen LogP contribution is -2.47. The SMILES string of the molecule is CCOC(=O)CCNC(=O)N1CCCC(C(=O)c2cc(F)ccc2OC)C1. The second-order valence-electron chi connectivity index (χ2n) is 6.28. The molecule has 0 bridgehead atoms. The predicted octanol–water partition coefficient (Wildman–Crippen LogP) is 2.39. The Labute approximate surface area is 157 Å². The summed E-state index contributed by atoms with van der Waals surface area (Å²) in [5.74, 6) is -1.23. The molecule has 1 fully saturated rings. The predicted molar refractivity (Wildman–Crippen MR) is 96.2 cm³/mol. The van der Waals surface area contributed by atoms with E-state index in [9.17, 15) is 18.8 Å². The monoisotopic (exact) mass is 380 g/mol. The van der Waals surface area contributed by atoms with E-state index in [4.69, 9.17) is 9.47 Å². The van der Waals surface area contributed by atoms with Gasteiger partial charge in [0.1, 0.15) is 11.6 Å². The number of amides is 2. The number of esters is 1. The Hall–Kier alpha value is -2.64. The molecule has 2 rings (SSSR count). The lowest BCUT2D eigenvalue weighted by molar-refractivity contribution is -0.142. The van der Waals surface area contributed by atoms with Gasteiger partial charge in [-0.25, -0.2) is 9.18 Å². The maximum atomic E-state index is 13.6. The van der Waals surface area contributed by atoms with Gasteiger partial charge in [0.15, 0.2) is 5.78 Å². The van der Waals surface area contributed by atoms with Crippen LogP contribution in [0.1, 0.15) is 36.5 Å². The highest BCUT2D eigenvalue weighted by Gasteiger charge is 2.30. The van der Waals surface area contributed by atoms with Crippen molar-refractivity contribution in [3.8, 4) is 5.75 Å². The summed E-state index contributed by atoms with van der Waals surface area (Å²) in [4.78, 5) is 38.0. The zero-order chi connectivity index (χ0) is 19.8. The van der Waals surface area contributed by atoms with E-state index in [-0.39, 0.29) is 42.9 Å². The Bertz CT molecular complexity index is 695. The topological polar surface area (TPSA) is 84.9 Å². The number of hydrogen-bond acceptors (Lipinski definition) is 5. The molecular weight excluding hydrogens is 355 g/mol. The van der Waals surface area contributed by atoms with Gasteiger partial charge in [-0.1, -0.05) is 0 Å². The molecule has 0 saturated carbocycles. The number of urea groups is 1. The Balaban J connectivity index is 1.95. The van der Waals surface area contributed by atoms with E-state index in [1.54, 1.807) is 11.8 Å². The summed E-state index contributed by atoms with van der Waals surface area (Å²) in [7, 11) is 1.42. The van der Waals surface area contributed by atoms with E-state index in [0.29, 0.717) is 31.7 Å². The number of halogens is 1. The number of methoxy groups -OCH3 is 1. The van der Waals surface area contributed by atoms with Crippen LogP contribution in [0.2, 0.25) is 0 Å². The van der Waals surface area contributed by atoms with Crippen molar-refractivity contribution in [1.29, 1.82) is 0 Å². The normalized spacial score (nSPS) is 16.6. The Morgan fingerprint density at radius 2 is 2.11 bits per heavy atom. The number of ketones is 1. The molecule has 1 N–H and O–H groups in total. The van der Waals surface area contributed by atoms with Crippen LogP contribution in [0.4, 0.5) is 9.18 Å². The van der Waals surface area contributed by atoms with Gasteiger partial charge in [-0.15, -0.1) is 0 Å². The van der Waals surface area contributed by atoms with Crippen LogP contribution in [0.25, 0.3) is 0 Å². The van der Waals surface area contributed by atoms with Crippen molar-refractivity contribution in [2.24, 2.45) is 5.92 Å². The Kier molecular flexibility index (Phi) is 7.57. The van der Waals surface area contributed by atoms with Crippen molar-refractivity contribution in [1.82, 2.24) is 10.2 Å². The lowest BCUT2D eigenvalue weighted by atomic mass is 9.89. The molecule has 0 aliphatic carbocycles. The van der Waals surface area contributed by atoms with Crippen LogP contribution in [0.15, 0.2) is 18.2 Å². The number of nitrogens with one attached hydrogen (secondary N) is 1. The van der Waals surface area contributed by atoms with Crippen molar-refractivity contribution in [3.63, 3.8) is 0 Å². The first-order valence-electron chi connectivity index (χ1n) is 9.02. The minimum absolute atomic E-state index is 0.0935. The van der Waals surface area contributed by atoms with Crippen molar-refractivity contribution in [3.05, 3.63) is 29.6 Å². The molecule has 1 unspecified atom stereocenters. The molecule has 148 valence electrons. The number of piperidine rings is 1. The summed E-state index contributed by atoms with van der Waals surface area (Å²) in [6.45, 7) is 2.95. The average molecular weight is 380 g/mol. The number of rotatable bonds is 7. The quantitative estimate of drug-likeness (QED) is 0.580. The lowest BCUT2D eigenvalue weighted by Gasteiger charge is -2.32. The van der Waals surface area contributed by atoms with Gasteiger partial charge in [0.05, 0.1) is 25.7 Å². The fourth-order valence-electron chi connectivity index (χ4n) is 3.08. The Morgan fingerprint density at radius 1 is 1.33 bits per heavy atom. The maximum Gasteiger partial charge on any atom is 0.317 e. The van der Waals surface area contributed by atoms with Crippen LogP contribution < -0.4 is 10.1 Å². The van der Waals surface area contributed by atoms with Gasteiger partial charge in [0.2, 0.25) is 0 Å². The van der Waals surface area contributed by atoms with Crippen LogP contribution in [-0.2, 0) is 9.53 Å². The molecule has 0 radical (unpaired) electrons. The molecule has 1 aromatic carbocycles. The molecule has 1 aromatic rings. The number of carbonyl (C=O) groups is 3. The molecule has 2 amide bonds. The van der Waals surface area contributed by atoms with Crippen molar-refractivity contribution >= 4 is 17.8 Å². The van der Waals surface area contributed by atoms with Crippen molar-refractivity contribution in [2.75, 3.05) is 33.4 Å². The minimum Gasteiger partial charge on any atom is -0.496 e. The largest absolute Gasteiger partial charge is 0.496 e. The second-order valence-corrected chi connectivity index (χ2v) is 6.28. The smallest absolute Gasteiger partial charge is 0.317 e. The fraction of sp³-hybridized carbons (Fsp3) is 0.526. The third-order valence-corrected chi connectivity index (χ3v) is 4.42. The van der Waals surface area contributed by atoms with Crippen LogP contribution in [0.5, 0.6) is 5.75 Å². The Morgan fingerprint density at radius 3 is 2.81 bits per heavy atom. The summed E-state index contributed by atoms with van der Waals surface area (Å²) < 4.78 is 23.5. The first kappa shape index (κ1) is 20.7. The highest BCUT2D eigenvalue weighted by Crippen LogP contribution is 2.27. The summed E-state index contributed by atoms with van der Waals surface area (Å²) >= 11 is 0. The molecule has 1 aliphatic heterocycles. The average Bonchev–Trinajstić information content (AvgIpc) is 2.67. The molecule has 1 aliphatic rings. The molecule has 7 nitrogen and oxygen atoms in total. The molecule has 0 aromatic heterocycles. The van der Waals surface area contributed by atoms with Gasteiger partial charge in [-0.05, 0) is 38.0 Å². The van der Waals surface area contributed by atoms with Crippen LogP contribution in [0.3, 0.4) is 0 Å². The second kappa shape index (κ2) is 9.89.